The van der Waals surface area contributed by atoms with Crippen molar-refractivity contribution in [1.82, 2.24) is 15.2 Å². The van der Waals surface area contributed by atoms with Crippen molar-refractivity contribution in [2.24, 2.45) is 0 Å². The summed E-state index contributed by atoms with van der Waals surface area (Å²) in [6.07, 6.45) is 8.17. The van der Waals surface area contributed by atoms with E-state index in [9.17, 15) is 0 Å². The quantitative estimate of drug-likeness (QED) is 0.863. The first-order chi connectivity index (χ1) is 8.69. The molecule has 0 amide bonds. The molecule has 1 aliphatic carbocycles. The zero-order valence-electron chi connectivity index (χ0n) is 11.8. The van der Waals surface area contributed by atoms with E-state index in [1.165, 1.54) is 31.4 Å². The summed E-state index contributed by atoms with van der Waals surface area (Å²) >= 11 is 0. The summed E-state index contributed by atoms with van der Waals surface area (Å²) in [5.74, 6) is 0. The summed E-state index contributed by atoms with van der Waals surface area (Å²) in [7, 11) is 6.51. The van der Waals surface area contributed by atoms with Gasteiger partial charge in [-0.15, -0.1) is 0 Å². The average molecular weight is 247 g/mol. The minimum absolute atomic E-state index is 0.298. The van der Waals surface area contributed by atoms with Gasteiger partial charge < -0.3 is 10.2 Å². The van der Waals surface area contributed by atoms with Gasteiger partial charge in [-0.1, -0.05) is 18.9 Å². The molecular formula is C15H25N3. The average Bonchev–Trinajstić information content (AvgIpc) is 2.87. The number of hydrogen-bond acceptors (Lipinski definition) is 3. The van der Waals surface area contributed by atoms with Crippen LogP contribution in [0.15, 0.2) is 24.4 Å². The van der Waals surface area contributed by atoms with Gasteiger partial charge in [0, 0.05) is 29.9 Å². The van der Waals surface area contributed by atoms with Crippen LogP contribution >= 0.6 is 0 Å². The Morgan fingerprint density at radius 2 is 2.06 bits per heavy atom. The van der Waals surface area contributed by atoms with Crippen molar-refractivity contribution in [3.8, 4) is 0 Å². The summed E-state index contributed by atoms with van der Waals surface area (Å²) in [5, 5.41) is 3.53. The third kappa shape index (κ3) is 2.57. The van der Waals surface area contributed by atoms with Crippen LogP contribution in [0, 0.1) is 0 Å². The van der Waals surface area contributed by atoms with E-state index in [2.05, 4.69) is 48.5 Å². The summed E-state index contributed by atoms with van der Waals surface area (Å²) < 4.78 is 0. The highest BCUT2D eigenvalue weighted by molar-refractivity contribution is 5.11. The van der Waals surface area contributed by atoms with Gasteiger partial charge in [-0.2, -0.15) is 0 Å². The first-order valence-corrected chi connectivity index (χ1v) is 6.93. The van der Waals surface area contributed by atoms with Crippen molar-refractivity contribution < 1.29 is 0 Å². The van der Waals surface area contributed by atoms with Crippen molar-refractivity contribution in [2.75, 3.05) is 21.1 Å². The molecular weight excluding hydrogens is 222 g/mol. The molecule has 1 aromatic heterocycles. The van der Waals surface area contributed by atoms with Gasteiger partial charge >= 0.3 is 0 Å². The predicted octanol–water partition coefficient (Wildman–Crippen LogP) is 2.09. The van der Waals surface area contributed by atoms with E-state index in [-0.39, 0.29) is 0 Å². The molecule has 1 aliphatic rings. The van der Waals surface area contributed by atoms with Gasteiger partial charge in [0.15, 0.2) is 0 Å². The number of aromatic nitrogens is 1. The Morgan fingerprint density at radius 1 is 1.33 bits per heavy atom. The van der Waals surface area contributed by atoms with E-state index >= 15 is 0 Å². The van der Waals surface area contributed by atoms with Crippen molar-refractivity contribution in [1.29, 1.82) is 0 Å². The lowest BCUT2D eigenvalue weighted by Crippen LogP contribution is -2.57. The number of hydrogen-bond donors (Lipinski definition) is 1. The number of pyridine rings is 1. The topological polar surface area (TPSA) is 28.2 Å². The van der Waals surface area contributed by atoms with Crippen LogP contribution in [0.3, 0.4) is 0 Å². The lowest BCUT2D eigenvalue weighted by atomic mass is 9.84. The molecule has 1 unspecified atom stereocenters. The highest BCUT2D eigenvalue weighted by Gasteiger charge is 2.42. The summed E-state index contributed by atoms with van der Waals surface area (Å²) in [6, 6.07) is 6.66. The van der Waals surface area contributed by atoms with Gasteiger partial charge in [0.05, 0.1) is 0 Å². The Bertz CT molecular complexity index is 355. The van der Waals surface area contributed by atoms with E-state index in [0.29, 0.717) is 11.6 Å². The molecule has 1 saturated carbocycles. The van der Waals surface area contributed by atoms with Gasteiger partial charge in [-0.25, -0.2) is 0 Å². The predicted molar refractivity (Wildman–Crippen MR) is 75.7 cm³/mol. The van der Waals surface area contributed by atoms with Crippen molar-refractivity contribution >= 4 is 0 Å². The van der Waals surface area contributed by atoms with Crippen LogP contribution in [0.4, 0.5) is 0 Å². The molecule has 0 aromatic carbocycles. The van der Waals surface area contributed by atoms with Crippen LogP contribution < -0.4 is 5.32 Å². The lowest BCUT2D eigenvalue weighted by molar-refractivity contribution is 0.108. The third-order valence-electron chi connectivity index (χ3n) is 4.50. The monoisotopic (exact) mass is 247 g/mol. The number of rotatable bonds is 5. The Balaban J connectivity index is 2.16. The SMILES string of the molecule is CNC(Cc1ccccn1)C1(N(C)C)CCCC1. The second-order valence-electron chi connectivity index (χ2n) is 5.57. The summed E-state index contributed by atoms with van der Waals surface area (Å²) in [5.41, 5.74) is 1.48. The molecule has 0 saturated heterocycles. The molecule has 0 spiro atoms. The third-order valence-corrected chi connectivity index (χ3v) is 4.50. The lowest BCUT2D eigenvalue weighted by Gasteiger charge is -2.43. The standard InChI is InChI=1S/C15H25N3/c1-16-14(12-13-8-4-7-11-17-13)15(18(2)3)9-5-6-10-15/h4,7-8,11,14,16H,5-6,9-10,12H2,1-3H3. The molecule has 1 fully saturated rings. The second kappa shape index (κ2) is 5.81. The normalized spacial score (nSPS) is 20.2. The van der Waals surface area contributed by atoms with E-state index in [4.69, 9.17) is 0 Å². The van der Waals surface area contributed by atoms with Crippen LogP contribution in [-0.4, -0.2) is 42.6 Å². The highest BCUT2D eigenvalue weighted by Crippen LogP contribution is 2.37. The Kier molecular flexibility index (Phi) is 4.36. The van der Waals surface area contributed by atoms with Crippen LogP contribution in [-0.2, 0) is 6.42 Å². The van der Waals surface area contributed by atoms with E-state index in [0.717, 1.165) is 6.42 Å². The molecule has 0 radical (unpaired) electrons. The fourth-order valence-corrected chi connectivity index (χ4v) is 3.38. The molecule has 1 atom stereocenters. The van der Waals surface area contributed by atoms with Crippen LogP contribution in [0.5, 0.6) is 0 Å². The van der Waals surface area contributed by atoms with Crippen molar-refractivity contribution in [2.45, 2.75) is 43.7 Å². The Morgan fingerprint density at radius 3 is 2.56 bits per heavy atom. The fraction of sp³-hybridized carbons (Fsp3) is 0.667. The van der Waals surface area contributed by atoms with E-state index in [1.54, 1.807) is 0 Å². The van der Waals surface area contributed by atoms with Gasteiger partial charge in [0.2, 0.25) is 0 Å². The molecule has 18 heavy (non-hydrogen) atoms. The molecule has 3 heteroatoms. The summed E-state index contributed by atoms with van der Waals surface area (Å²) in [6.45, 7) is 0. The highest BCUT2D eigenvalue weighted by atomic mass is 15.2. The molecule has 3 nitrogen and oxygen atoms in total. The van der Waals surface area contributed by atoms with Gasteiger partial charge in [0.1, 0.15) is 0 Å². The maximum atomic E-state index is 4.47. The second-order valence-corrected chi connectivity index (χ2v) is 5.57. The number of nitrogens with one attached hydrogen (secondary N) is 1. The first-order valence-electron chi connectivity index (χ1n) is 6.93. The summed E-state index contributed by atoms with van der Waals surface area (Å²) in [4.78, 5) is 6.89. The molecule has 0 aliphatic heterocycles. The van der Waals surface area contributed by atoms with Crippen LogP contribution in [0.1, 0.15) is 31.4 Å². The maximum absolute atomic E-state index is 4.47. The number of likely N-dealkylation sites (N-methyl/N-ethyl adjacent to an activating group) is 2. The van der Waals surface area contributed by atoms with Crippen molar-refractivity contribution in [3.63, 3.8) is 0 Å². The first kappa shape index (κ1) is 13.5. The zero-order chi connectivity index (χ0) is 13.0. The molecule has 100 valence electrons. The molecule has 0 bridgehead atoms. The van der Waals surface area contributed by atoms with Crippen molar-refractivity contribution in [3.05, 3.63) is 30.1 Å². The molecule has 1 heterocycles. The van der Waals surface area contributed by atoms with E-state index in [1.807, 2.05) is 12.3 Å². The van der Waals surface area contributed by atoms with Crippen LogP contribution in [0.25, 0.3) is 0 Å². The number of nitrogens with zero attached hydrogens (tertiary/aromatic N) is 2. The smallest absolute Gasteiger partial charge is 0.0419 e. The molecule has 1 N–H and O–H groups in total. The fourth-order valence-electron chi connectivity index (χ4n) is 3.38. The molecule has 1 aromatic rings. The van der Waals surface area contributed by atoms with Gasteiger partial charge in [-0.05, 0) is 46.1 Å². The largest absolute Gasteiger partial charge is 0.315 e. The van der Waals surface area contributed by atoms with Crippen LogP contribution in [0.2, 0.25) is 0 Å². The molecule has 2 rings (SSSR count). The minimum Gasteiger partial charge on any atom is -0.315 e. The van der Waals surface area contributed by atoms with E-state index < -0.39 is 0 Å². The Hall–Kier alpha value is -0.930. The minimum atomic E-state index is 0.298. The maximum Gasteiger partial charge on any atom is 0.0419 e. The Labute approximate surface area is 111 Å². The zero-order valence-corrected chi connectivity index (χ0v) is 11.8. The van der Waals surface area contributed by atoms with Gasteiger partial charge in [0.25, 0.3) is 0 Å². The van der Waals surface area contributed by atoms with Gasteiger partial charge in [-0.3, -0.25) is 4.98 Å².